The lowest BCUT2D eigenvalue weighted by molar-refractivity contribution is -0.146. The molecule has 0 spiro atoms. The number of aromatic nitrogens is 4. The van der Waals surface area contributed by atoms with Gasteiger partial charge in [0, 0.05) is 5.39 Å². The highest BCUT2D eigenvalue weighted by Crippen LogP contribution is 2.33. The molecule has 5 nitrogen and oxygen atoms in total. The van der Waals surface area contributed by atoms with Crippen molar-refractivity contribution in [3.8, 4) is 10.8 Å². The molecule has 0 amide bonds. The predicted molar refractivity (Wildman–Crippen MR) is 68.9 cm³/mol. The van der Waals surface area contributed by atoms with Gasteiger partial charge in [0.25, 0.3) is 5.82 Å². The number of hydrogen-bond acceptors (Lipinski definition) is 5. The Morgan fingerprint density at radius 2 is 1.95 bits per heavy atom. The summed E-state index contributed by atoms with van der Waals surface area (Å²) in [7, 11) is 0. The number of hydrogen-bond donors (Lipinski definition) is 0. The molecule has 0 aliphatic carbocycles. The van der Waals surface area contributed by atoms with Crippen LogP contribution in [0.4, 0.5) is 13.2 Å². The van der Waals surface area contributed by atoms with Crippen LogP contribution < -0.4 is 0 Å². The molecule has 1 aromatic carbocycles. The Morgan fingerprint density at radius 3 is 2.71 bits per heavy atom. The third kappa shape index (κ3) is 1.88. The first-order valence-corrected chi connectivity index (χ1v) is 6.62. The summed E-state index contributed by atoms with van der Waals surface area (Å²) in [5.41, 5.74) is 0.648. The van der Waals surface area contributed by atoms with Gasteiger partial charge >= 0.3 is 6.18 Å². The summed E-state index contributed by atoms with van der Waals surface area (Å²) in [6.45, 7) is 0. The largest absolute Gasteiger partial charge is 0.453 e. The van der Waals surface area contributed by atoms with Crippen molar-refractivity contribution in [3.63, 3.8) is 0 Å². The maximum absolute atomic E-state index is 12.7. The predicted octanol–water partition coefficient (Wildman–Crippen LogP) is 3.62. The summed E-state index contributed by atoms with van der Waals surface area (Å²) in [6, 6.07) is 9.02. The maximum atomic E-state index is 12.7. The Labute approximate surface area is 118 Å². The van der Waals surface area contributed by atoms with E-state index < -0.39 is 12.0 Å². The summed E-state index contributed by atoms with van der Waals surface area (Å²) in [4.78, 5) is 0.0674. The fourth-order valence-electron chi connectivity index (χ4n) is 1.98. The van der Waals surface area contributed by atoms with Gasteiger partial charge in [-0.3, -0.25) is 0 Å². The average Bonchev–Trinajstić information content (AvgIpc) is 3.09. The summed E-state index contributed by atoms with van der Waals surface area (Å²) in [5.74, 6) is -0.740. The standard InChI is InChI=1S/C12H5F3N4OS/c13-12(14,15)10-16-17-11-19(10)18-9(21-11)8-5-6-3-1-2-4-7(6)20-8/h1-5H. The highest BCUT2D eigenvalue weighted by molar-refractivity contribution is 7.19. The summed E-state index contributed by atoms with van der Waals surface area (Å²) < 4.78 is 44.5. The smallest absolute Gasteiger partial charge is 0.453 e. The summed E-state index contributed by atoms with van der Waals surface area (Å²) in [5, 5.41) is 11.7. The second-order valence-electron chi connectivity index (χ2n) is 4.27. The van der Waals surface area contributed by atoms with E-state index in [1.54, 1.807) is 12.1 Å². The Bertz CT molecular complexity index is 919. The molecule has 3 aromatic heterocycles. The molecular formula is C12H5F3N4OS. The molecule has 0 aliphatic rings. The van der Waals surface area contributed by atoms with Crippen molar-refractivity contribution in [2.75, 3.05) is 0 Å². The SMILES string of the molecule is FC(F)(F)c1nnc2sc(-c3cc4ccccc4o3)nn12. The van der Waals surface area contributed by atoms with Crippen LogP contribution >= 0.6 is 11.3 Å². The van der Waals surface area contributed by atoms with Crippen LogP contribution in [0.2, 0.25) is 0 Å². The molecular weight excluding hydrogens is 305 g/mol. The van der Waals surface area contributed by atoms with E-state index in [0.29, 0.717) is 20.9 Å². The quantitative estimate of drug-likeness (QED) is 0.539. The van der Waals surface area contributed by atoms with Gasteiger partial charge in [0.1, 0.15) is 5.58 Å². The fourth-order valence-corrected chi connectivity index (χ4v) is 2.77. The van der Waals surface area contributed by atoms with Crippen LogP contribution in [0.25, 0.3) is 26.7 Å². The third-order valence-electron chi connectivity index (χ3n) is 2.88. The molecule has 21 heavy (non-hydrogen) atoms. The zero-order valence-electron chi connectivity index (χ0n) is 10.1. The number of benzene rings is 1. The van der Waals surface area contributed by atoms with Crippen LogP contribution in [0.15, 0.2) is 34.7 Å². The van der Waals surface area contributed by atoms with E-state index in [-0.39, 0.29) is 4.96 Å². The van der Waals surface area contributed by atoms with Crippen molar-refractivity contribution in [3.05, 3.63) is 36.2 Å². The van der Waals surface area contributed by atoms with Gasteiger partial charge in [-0.1, -0.05) is 29.5 Å². The number of fused-ring (bicyclic) bond motifs is 2. The van der Waals surface area contributed by atoms with Crippen molar-refractivity contribution in [2.45, 2.75) is 6.18 Å². The van der Waals surface area contributed by atoms with E-state index in [9.17, 15) is 13.2 Å². The molecule has 0 fully saturated rings. The number of alkyl halides is 3. The van der Waals surface area contributed by atoms with Gasteiger partial charge in [-0.2, -0.15) is 17.7 Å². The first kappa shape index (κ1) is 12.3. The van der Waals surface area contributed by atoms with Gasteiger partial charge in [0.2, 0.25) is 4.96 Å². The highest BCUT2D eigenvalue weighted by Gasteiger charge is 2.38. The van der Waals surface area contributed by atoms with Crippen molar-refractivity contribution in [2.24, 2.45) is 0 Å². The van der Waals surface area contributed by atoms with Crippen LogP contribution in [-0.4, -0.2) is 19.8 Å². The lowest BCUT2D eigenvalue weighted by Crippen LogP contribution is -2.11. The van der Waals surface area contributed by atoms with Gasteiger partial charge in [-0.05, 0) is 12.1 Å². The lowest BCUT2D eigenvalue weighted by atomic mass is 10.2. The molecule has 0 unspecified atom stereocenters. The van der Waals surface area contributed by atoms with Gasteiger partial charge in [0.05, 0.1) is 0 Å². The zero-order valence-corrected chi connectivity index (χ0v) is 10.9. The second-order valence-corrected chi connectivity index (χ2v) is 5.23. The number of rotatable bonds is 1. The number of nitrogens with zero attached hydrogens (tertiary/aromatic N) is 4. The van der Waals surface area contributed by atoms with Crippen molar-refractivity contribution < 1.29 is 17.6 Å². The number of furan rings is 1. The Balaban J connectivity index is 1.89. The monoisotopic (exact) mass is 310 g/mol. The molecule has 0 atom stereocenters. The normalized spacial score (nSPS) is 12.5. The second kappa shape index (κ2) is 4.04. The molecule has 0 aliphatic heterocycles. The fraction of sp³-hybridized carbons (Fsp3) is 0.0833. The third-order valence-corrected chi connectivity index (χ3v) is 3.79. The Hall–Kier alpha value is -2.42. The first-order valence-electron chi connectivity index (χ1n) is 5.81. The van der Waals surface area contributed by atoms with Gasteiger partial charge < -0.3 is 4.42 Å². The number of halogens is 3. The average molecular weight is 310 g/mol. The Kier molecular flexibility index (Phi) is 2.37. The minimum atomic E-state index is -4.60. The molecule has 4 aromatic rings. The molecule has 9 heteroatoms. The minimum absolute atomic E-state index is 0.0674. The minimum Gasteiger partial charge on any atom is -0.453 e. The molecule has 0 bridgehead atoms. The topological polar surface area (TPSA) is 56.2 Å². The van der Waals surface area contributed by atoms with Crippen molar-refractivity contribution in [1.29, 1.82) is 0 Å². The van der Waals surface area contributed by atoms with E-state index in [1.807, 2.05) is 18.2 Å². The lowest BCUT2D eigenvalue weighted by Gasteiger charge is -1.99. The molecule has 4 rings (SSSR count). The molecule has 0 radical (unpaired) electrons. The Morgan fingerprint density at radius 1 is 1.14 bits per heavy atom. The molecule has 0 saturated carbocycles. The molecule has 0 N–H and O–H groups in total. The molecule has 0 saturated heterocycles. The number of para-hydroxylation sites is 1. The van der Waals surface area contributed by atoms with Crippen molar-refractivity contribution in [1.82, 2.24) is 19.8 Å². The van der Waals surface area contributed by atoms with Crippen LogP contribution in [-0.2, 0) is 6.18 Å². The van der Waals surface area contributed by atoms with Gasteiger partial charge in [-0.25, -0.2) is 0 Å². The summed E-state index contributed by atoms with van der Waals surface area (Å²) in [6.07, 6.45) is -4.60. The van der Waals surface area contributed by atoms with Gasteiger partial charge in [-0.15, -0.1) is 15.3 Å². The van der Waals surface area contributed by atoms with E-state index in [2.05, 4.69) is 15.3 Å². The molecule has 106 valence electrons. The molecule has 3 heterocycles. The first-order chi connectivity index (χ1) is 10.0. The maximum Gasteiger partial charge on any atom is 0.453 e. The van der Waals surface area contributed by atoms with Crippen LogP contribution in [0.5, 0.6) is 0 Å². The van der Waals surface area contributed by atoms with Gasteiger partial charge in [0.15, 0.2) is 10.8 Å². The van der Waals surface area contributed by atoms with E-state index in [0.717, 1.165) is 16.7 Å². The highest BCUT2D eigenvalue weighted by atomic mass is 32.1. The van der Waals surface area contributed by atoms with Crippen LogP contribution in [0.3, 0.4) is 0 Å². The van der Waals surface area contributed by atoms with E-state index in [1.165, 1.54) is 0 Å². The van der Waals surface area contributed by atoms with Crippen molar-refractivity contribution >= 4 is 27.3 Å². The summed E-state index contributed by atoms with van der Waals surface area (Å²) >= 11 is 0.987. The van der Waals surface area contributed by atoms with E-state index >= 15 is 0 Å². The zero-order chi connectivity index (χ0) is 14.6. The van der Waals surface area contributed by atoms with E-state index in [4.69, 9.17) is 4.42 Å². The van der Waals surface area contributed by atoms with Crippen LogP contribution in [0.1, 0.15) is 5.82 Å². The van der Waals surface area contributed by atoms with Crippen LogP contribution in [0, 0.1) is 0 Å².